The van der Waals surface area contributed by atoms with Crippen LogP contribution in [0.25, 0.3) is 0 Å². The molecule has 2 rings (SSSR count). The number of hydrogen-bond acceptors (Lipinski definition) is 3. The number of carbonyl (C=O) groups is 1. The van der Waals surface area contributed by atoms with Gasteiger partial charge in [0, 0.05) is 12.6 Å². The van der Waals surface area contributed by atoms with E-state index in [9.17, 15) is 4.79 Å². The van der Waals surface area contributed by atoms with Crippen molar-refractivity contribution in [3.8, 4) is 5.75 Å². The predicted molar refractivity (Wildman–Crippen MR) is 75.1 cm³/mol. The normalized spacial score (nSPS) is 20.4. The summed E-state index contributed by atoms with van der Waals surface area (Å²) in [6, 6.07) is 7.58. The Hall–Kier alpha value is -1.55. The summed E-state index contributed by atoms with van der Waals surface area (Å²) < 4.78 is 5.11. The number of nitrogens with two attached hydrogens (primary N) is 1. The smallest absolute Gasteiger partial charge is 0.240 e. The molecule has 1 aromatic rings. The van der Waals surface area contributed by atoms with Crippen LogP contribution in [0.3, 0.4) is 0 Å². The maximum atomic E-state index is 12.3. The number of benzene rings is 1. The molecule has 1 aromatic carbocycles. The maximum absolute atomic E-state index is 12.3. The Kier molecular flexibility index (Phi) is 4.43. The summed E-state index contributed by atoms with van der Waals surface area (Å²) in [5, 5.41) is 0. The molecule has 1 aliphatic heterocycles. The van der Waals surface area contributed by atoms with Crippen LogP contribution in [0.1, 0.15) is 25.3 Å². The van der Waals surface area contributed by atoms with Gasteiger partial charge in [-0.3, -0.25) is 4.79 Å². The van der Waals surface area contributed by atoms with E-state index in [1.807, 2.05) is 29.2 Å². The fourth-order valence-electron chi connectivity index (χ4n) is 2.58. The summed E-state index contributed by atoms with van der Waals surface area (Å²) in [7, 11) is 1.64. The number of methoxy groups -OCH3 is 1. The van der Waals surface area contributed by atoms with Gasteiger partial charge in [0.15, 0.2) is 0 Å². The molecule has 4 heteroatoms. The average molecular weight is 262 g/mol. The summed E-state index contributed by atoms with van der Waals surface area (Å²) in [6.45, 7) is 2.93. The van der Waals surface area contributed by atoms with Gasteiger partial charge in [0.1, 0.15) is 5.75 Å². The Labute approximate surface area is 114 Å². The molecule has 2 atom stereocenters. The summed E-state index contributed by atoms with van der Waals surface area (Å²) in [6.07, 6.45) is 2.75. The number of nitrogens with zero attached hydrogens (tertiary/aromatic N) is 1. The second kappa shape index (κ2) is 6.06. The first-order valence-corrected chi connectivity index (χ1v) is 6.81. The number of carbonyl (C=O) groups excluding carboxylic acids is 1. The molecule has 19 heavy (non-hydrogen) atoms. The number of ether oxygens (including phenoxy) is 1. The van der Waals surface area contributed by atoms with Gasteiger partial charge in [-0.15, -0.1) is 0 Å². The number of likely N-dealkylation sites (tertiary alicyclic amines) is 1. The third-order valence-electron chi connectivity index (χ3n) is 3.77. The highest BCUT2D eigenvalue weighted by molar-refractivity contribution is 5.82. The Morgan fingerprint density at radius 1 is 1.47 bits per heavy atom. The summed E-state index contributed by atoms with van der Waals surface area (Å²) >= 11 is 0. The van der Waals surface area contributed by atoms with Crippen LogP contribution in [0.5, 0.6) is 5.75 Å². The maximum Gasteiger partial charge on any atom is 0.240 e. The molecule has 0 saturated carbocycles. The van der Waals surface area contributed by atoms with E-state index in [4.69, 9.17) is 10.5 Å². The van der Waals surface area contributed by atoms with Crippen molar-refractivity contribution in [3.63, 3.8) is 0 Å². The lowest BCUT2D eigenvalue weighted by Gasteiger charge is -2.25. The summed E-state index contributed by atoms with van der Waals surface area (Å²) in [5.41, 5.74) is 7.10. The van der Waals surface area contributed by atoms with Crippen LogP contribution in [0.4, 0.5) is 0 Å². The summed E-state index contributed by atoms with van der Waals surface area (Å²) in [5.74, 6) is 0.887. The third kappa shape index (κ3) is 3.26. The zero-order valence-corrected chi connectivity index (χ0v) is 11.6. The van der Waals surface area contributed by atoms with Crippen LogP contribution >= 0.6 is 0 Å². The standard InChI is InChI=1S/C15H22N2O2/c1-11-4-3-9-17(11)15(18)14(16)10-12-5-7-13(19-2)8-6-12/h5-8,11,14H,3-4,9-10,16H2,1-2H3. The predicted octanol–water partition coefficient (Wildman–Crippen LogP) is 1.58. The van der Waals surface area contributed by atoms with Gasteiger partial charge in [0.25, 0.3) is 0 Å². The Morgan fingerprint density at radius 3 is 2.68 bits per heavy atom. The van der Waals surface area contributed by atoms with Crippen LogP contribution in [0.15, 0.2) is 24.3 Å². The van der Waals surface area contributed by atoms with Crippen LogP contribution in [0, 0.1) is 0 Å². The first kappa shape index (κ1) is 13.9. The quantitative estimate of drug-likeness (QED) is 0.896. The highest BCUT2D eigenvalue weighted by atomic mass is 16.5. The molecule has 1 saturated heterocycles. The van der Waals surface area contributed by atoms with Crippen LogP contribution in [0.2, 0.25) is 0 Å². The van der Waals surface area contributed by atoms with Crippen molar-refractivity contribution in [1.82, 2.24) is 4.90 Å². The van der Waals surface area contributed by atoms with Gasteiger partial charge in [-0.1, -0.05) is 12.1 Å². The molecule has 0 aliphatic carbocycles. The fourth-order valence-corrected chi connectivity index (χ4v) is 2.58. The molecule has 0 radical (unpaired) electrons. The zero-order chi connectivity index (χ0) is 13.8. The van der Waals surface area contributed by atoms with Crippen LogP contribution in [-0.4, -0.2) is 36.5 Å². The number of amides is 1. The number of rotatable bonds is 4. The molecular formula is C15H22N2O2. The molecule has 1 aliphatic rings. The van der Waals surface area contributed by atoms with Gasteiger partial charge < -0.3 is 15.4 Å². The van der Waals surface area contributed by atoms with E-state index >= 15 is 0 Å². The molecule has 0 aromatic heterocycles. The van der Waals surface area contributed by atoms with Gasteiger partial charge >= 0.3 is 0 Å². The number of hydrogen-bond donors (Lipinski definition) is 1. The zero-order valence-electron chi connectivity index (χ0n) is 11.6. The monoisotopic (exact) mass is 262 g/mol. The van der Waals surface area contributed by atoms with E-state index in [0.29, 0.717) is 12.5 Å². The minimum atomic E-state index is -0.450. The Bertz CT molecular complexity index is 430. The second-order valence-corrected chi connectivity index (χ2v) is 5.18. The van der Waals surface area contributed by atoms with Crippen molar-refractivity contribution in [1.29, 1.82) is 0 Å². The topological polar surface area (TPSA) is 55.6 Å². The largest absolute Gasteiger partial charge is 0.497 e. The molecule has 2 unspecified atom stereocenters. The van der Waals surface area contributed by atoms with Crippen molar-refractivity contribution in [2.45, 2.75) is 38.3 Å². The van der Waals surface area contributed by atoms with Gasteiger partial charge in [-0.05, 0) is 43.9 Å². The molecule has 4 nitrogen and oxygen atoms in total. The molecule has 1 fully saturated rings. The van der Waals surface area contributed by atoms with E-state index < -0.39 is 6.04 Å². The van der Waals surface area contributed by atoms with Crippen molar-refractivity contribution in [2.75, 3.05) is 13.7 Å². The molecule has 2 N–H and O–H groups in total. The van der Waals surface area contributed by atoms with E-state index in [2.05, 4.69) is 6.92 Å². The Balaban J connectivity index is 1.95. The molecule has 104 valence electrons. The summed E-state index contributed by atoms with van der Waals surface area (Å²) in [4.78, 5) is 14.2. The van der Waals surface area contributed by atoms with Crippen LogP contribution < -0.4 is 10.5 Å². The first-order valence-electron chi connectivity index (χ1n) is 6.81. The minimum Gasteiger partial charge on any atom is -0.497 e. The molecular weight excluding hydrogens is 240 g/mol. The van der Waals surface area contributed by atoms with Gasteiger partial charge in [0.05, 0.1) is 13.2 Å². The van der Waals surface area contributed by atoms with Crippen LogP contribution in [-0.2, 0) is 11.2 Å². The van der Waals surface area contributed by atoms with Gasteiger partial charge in [-0.25, -0.2) is 0 Å². The van der Waals surface area contributed by atoms with Crippen molar-refractivity contribution >= 4 is 5.91 Å². The second-order valence-electron chi connectivity index (χ2n) is 5.18. The van der Waals surface area contributed by atoms with E-state index in [1.165, 1.54) is 0 Å². The van der Waals surface area contributed by atoms with Gasteiger partial charge in [-0.2, -0.15) is 0 Å². The SMILES string of the molecule is COc1ccc(CC(N)C(=O)N2CCCC2C)cc1. The fraction of sp³-hybridized carbons (Fsp3) is 0.533. The molecule has 1 heterocycles. The molecule has 1 amide bonds. The highest BCUT2D eigenvalue weighted by Crippen LogP contribution is 2.18. The van der Waals surface area contributed by atoms with Crippen molar-refractivity contribution in [3.05, 3.63) is 29.8 Å². The molecule has 0 spiro atoms. The first-order chi connectivity index (χ1) is 9.11. The lowest BCUT2D eigenvalue weighted by molar-refractivity contribution is -0.133. The molecule has 0 bridgehead atoms. The minimum absolute atomic E-state index is 0.0702. The van der Waals surface area contributed by atoms with Crippen molar-refractivity contribution in [2.24, 2.45) is 5.73 Å². The van der Waals surface area contributed by atoms with Gasteiger partial charge in [0.2, 0.25) is 5.91 Å². The van der Waals surface area contributed by atoms with E-state index in [0.717, 1.165) is 30.7 Å². The lowest BCUT2D eigenvalue weighted by atomic mass is 10.1. The van der Waals surface area contributed by atoms with E-state index in [-0.39, 0.29) is 5.91 Å². The van der Waals surface area contributed by atoms with Crippen molar-refractivity contribution < 1.29 is 9.53 Å². The Morgan fingerprint density at radius 2 is 2.16 bits per heavy atom. The highest BCUT2D eigenvalue weighted by Gasteiger charge is 2.28. The average Bonchev–Trinajstić information content (AvgIpc) is 2.85. The van der Waals surface area contributed by atoms with E-state index in [1.54, 1.807) is 7.11 Å². The lowest BCUT2D eigenvalue weighted by Crippen LogP contribution is -2.46. The third-order valence-corrected chi connectivity index (χ3v) is 3.77.